The number of aryl methyl sites for hydroxylation is 1. The summed E-state index contributed by atoms with van der Waals surface area (Å²) < 4.78 is 0. The fourth-order valence-electron chi connectivity index (χ4n) is 1.53. The van der Waals surface area contributed by atoms with Crippen molar-refractivity contribution in [3.63, 3.8) is 0 Å². The second-order valence-corrected chi connectivity index (χ2v) is 3.72. The summed E-state index contributed by atoms with van der Waals surface area (Å²) >= 11 is 0. The van der Waals surface area contributed by atoms with E-state index in [9.17, 15) is 0 Å². The summed E-state index contributed by atoms with van der Waals surface area (Å²) in [7, 11) is 0. The predicted octanol–water partition coefficient (Wildman–Crippen LogP) is 2.45. The van der Waals surface area contributed by atoms with Crippen molar-refractivity contribution in [3.05, 3.63) is 40.8 Å². The first kappa shape index (κ1) is 11.7. The Labute approximate surface area is 91.2 Å². The van der Waals surface area contributed by atoms with Gasteiger partial charge in [-0.1, -0.05) is 26.3 Å². The van der Waals surface area contributed by atoms with Crippen LogP contribution in [-0.4, -0.2) is 11.7 Å². The van der Waals surface area contributed by atoms with E-state index in [-0.39, 0.29) is 6.61 Å². The van der Waals surface area contributed by atoms with Gasteiger partial charge in [-0.25, -0.2) is 0 Å². The van der Waals surface area contributed by atoms with Crippen molar-refractivity contribution in [1.82, 2.24) is 0 Å². The van der Waals surface area contributed by atoms with Crippen LogP contribution in [0.4, 0.5) is 0 Å². The molecule has 0 fully saturated rings. The first-order valence-corrected chi connectivity index (χ1v) is 5.19. The van der Waals surface area contributed by atoms with E-state index in [1.54, 1.807) is 0 Å². The number of aliphatic hydroxyl groups excluding tert-OH is 1. The lowest BCUT2D eigenvalue weighted by Crippen LogP contribution is -2.01. The molecule has 2 heteroatoms. The van der Waals surface area contributed by atoms with Gasteiger partial charge in [-0.3, -0.25) is 0 Å². The van der Waals surface area contributed by atoms with Crippen molar-refractivity contribution in [3.8, 4) is 6.07 Å². The molecule has 0 saturated heterocycles. The Morgan fingerprint density at radius 2 is 2.13 bits per heavy atom. The predicted molar refractivity (Wildman–Crippen MR) is 60.3 cm³/mol. The Hall–Kier alpha value is -1.33. The lowest BCUT2D eigenvalue weighted by atomic mass is 9.96. The lowest BCUT2D eigenvalue weighted by Gasteiger charge is -2.10. The smallest absolute Gasteiger partial charge is 0.0991 e. The molecule has 0 aliphatic carbocycles. The highest BCUT2D eigenvalue weighted by molar-refractivity contribution is 5.42. The molecule has 0 saturated carbocycles. The summed E-state index contributed by atoms with van der Waals surface area (Å²) in [6.45, 7) is 4.04. The Balaban J connectivity index is 3.06. The van der Waals surface area contributed by atoms with Crippen LogP contribution in [0.25, 0.3) is 0 Å². The quantitative estimate of drug-likeness (QED) is 0.815. The topological polar surface area (TPSA) is 44.0 Å². The molecule has 79 valence electrons. The highest BCUT2D eigenvalue weighted by Gasteiger charge is 2.07. The van der Waals surface area contributed by atoms with Gasteiger partial charge in [-0.2, -0.15) is 5.26 Å². The third kappa shape index (κ3) is 3.07. The molecular formula is C13H16NO. The Morgan fingerprint density at radius 3 is 2.67 bits per heavy atom. The number of nitriles is 1. The largest absolute Gasteiger partial charge is 0.395 e. The van der Waals surface area contributed by atoms with Gasteiger partial charge < -0.3 is 5.11 Å². The number of hydrogen-bond donors (Lipinski definition) is 1. The number of rotatable bonds is 4. The van der Waals surface area contributed by atoms with Gasteiger partial charge in [-0.05, 0) is 29.7 Å². The van der Waals surface area contributed by atoms with Crippen LogP contribution in [0.5, 0.6) is 0 Å². The normalized spacial score (nSPS) is 10.3. The van der Waals surface area contributed by atoms with E-state index in [0.29, 0.717) is 5.56 Å². The molecular weight excluding hydrogens is 186 g/mol. The minimum absolute atomic E-state index is 0.0421. The summed E-state index contributed by atoms with van der Waals surface area (Å²) in [5.74, 6) is 0.907. The highest BCUT2D eigenvalue weighted by atomic mass is 16.3. The first-order chi connectivity index (χ1) is 7.21. The molecule has 0 unspecified atom stereocenters. The number of aliphatic hydroxyl groups is 1. The maximum Gasteiger partial charge on any atom is 0.0991 e. The Bertz CT molecular complexity index is 365. The van der Waals surface area contributed by atoms with E-state index in [0.717, 1.165) is 24.3 Å². The molecule has 15 heavy (non-hydrogen) atoms. The average molecular weight is 202 g/mol. The van der Waals surface area contributed by atoms with Crippen LogP contribution in [0.2, 0.25) is 0 Å². The van der Waals surface area contributed by atoms with Gasteiger partial charge in [0.1, 0.15) is 0 Å². The minimum Gasteiger partial charge on any atom is -0.395 e. The number of hydrogen-bond acceptors (Lipinski definition) is 2. The minimum atomic E-state index is 0.0421. The molecule has 2 nitrogen and oxygen atoms in total. The first-order valence-electron chi connectivity index (χ1n) is 5.19. The SMILES string of the molecule is CCCc1cc(C#N)cc([C](C)CO)c1. The molecule has 0 aliphatic heterocycles. The highest BCUT2D eigenvalue weighted by Crippen LogP contribution is 2.18. The molecule has 1 aromatic carbocycles. The van der Waals surface area contributed by atoms with Crippen LogP contribution in [0.1, 0.15) is 37.0 Å². The summed E-state index contributed by atoms with van der Waals surface area (Å²) in [4.78, 5) is 0. The van der Waals surface area contributed by atoms with Crippen LogP contribution in [0.15, 0.2) is 18.2 Å². The maximum atomic E-state index is 9.05. The number of benzene rings is 1. The molecule has 0 aromatic heterocycles. The zero-order valence-electron chi connectivity index (χ0n) is 9.25. The Kier molecular flexibility index (Phi) is 4.33. The van der Waals surface area contributed by atoms with Crippen molar-refractivity contribution < 1.29 is 5.11 Å². The Morgan fingerprint density at radius 1 is 1.40 bits per heavy atom. The van der Waals surface area contributed by atoms with Gasteiger partial charge in [0.05, 0.1) is 18.2 Å². The van der Waals surface area contributed by atoms with Crippen LogP contribution in [-0.2, 0) is 6.42 Å². The second-order valence-electron chi connectivity index (χ2n) is 3.72. The summed E-state index contributed by atoms with van der Waals surface area (Å²) in [6.07, 6.45) is 2.04. The molecule has 0 spiro atoms. The van der Waals surface area contributed by atoms with Crippen molar-refractivity contribution in [2.24, 2.45) is 0 Å². The number of nitrogens with zero attached hydrogens (tertiary/aromatic N) is 1. The van der Waals surface area contributed by atoms with Crippen LogP contribution >= 0.6 is 0 Å². The zero-order valence-corrected chi connectivity index (χ0v) is 9.25. The molecule has 1 N–H and O–H groups in total. The van der Waals surface area contributed by atoms with Gasteiger partial charge in [-0.15, -0.1) is 0 Å². The summed E-state index contributed by atoms with van der Waals surface area (Å²) in [5.41, 5.74) is 2.81. The molecule has 0 aliphatic rings. The van der Waals surface area contributed by atoms with Crippen molar-refractivity contribution in [1.29, 1.82) is 5.26 Å². The van der Waals surface area contributed by atoms with Crippen molar-refractivity contribution >= 4 is 0 Å². The van der Waals surface area contributed by atoms with E-state index >= 15 is 0 Å². The van der Waals surface area contributed by atoms with Gasteiger partial charge >= 0.3 is 0 Å². The zero-order chi connectivity index (χ0) is 11.3. The van der Waals surface area contributed by atoms with Gasteiger partial charge in [0, 0.05) is 5.92 Å². The van der Waals surface area contributed by atoms with E-state index in [1.165, 1.54) is 5.56 Å². The maximum absolute atomic E-state index is 9.05. The van der Waals surface area contributed by atoms with E-state index in [2.05, 4.69) is 19.1 Å². The van der Waals surface area contributed by atoms with Crippen LogP contribution < -0.4 is 0 Å². The van der Waals surface area contributed by atoms with E-state index in [1.807, 2.05) is 19.1 Å². The van der Waals surface area contributed by atoms with E-state index < -0.39 is 0 Å². The van der Waals surface area contributed by atoms with Crippen molar-refractivity contribution in [2.75, 3.05) is 6.61 Å². The third-order valence-electron chi connectivity index (χ3n) is 2.39. The van der Waals surface area contributed by atoms with Crippen molar-refractivity contribution in [2.45, 2.75) is 26.7 Å². The third-order valence-corrected chi connectivity index (χ3v) is 2.39. The van der Waals surface area contributed by atoms with Crippen LogP contribution in [0, 0.1) is 17.2 Å². The molecule has 0 atom stereocenters. The molecule has 1 aromatic rings. The fourth-order valence-corrected chi connectivity index (χ4v) is 1.53. The molecule has 1 radical (unpaired) electrons. The van der Waals surface area contributed by atoms with Gasteiger partial charge in [0.15, 0.2) is 0 Å². The van der Waals surface area contributed by atoms with Gasteiger partial charge in [0.25, 0.3) is 0 Å². The molecule has 0 bridgehead atoms. The average Bonchev–Trinajstić information content (AvgIpc) is 2.28. The van der Waals surface area contributed by atoms with Gasteiger partial charge in [0.2, 0.25) is 0 Å². The molecule has 0 heterocycles. The van der Waals surface area contributed by atoms with Crippen LogP contribution in [0.3, 0.4) is 0 Å². The standard InChI is InChI=1S/C13H16NO/c1-3-4-11-5-12(8-14)7-13(6-11)10(2)9-15/h5-7,15H,3-4,9H2,1-2H3. The molecule has 0 amide bonds. The monoisotopic (exact) mass is 202 g/mol. The fraction of sp³-hybridized carbons (Fsp3) is 0.385. The lowest BCUT2D eigenvalue weighted by molar-refractivity contribution is 0.315. The second kappa shape index (κ2) is 5.53. The summed E-state index contributed by atoms with van der Waals surface area (Å²) in [6, 6.07) is 7.94. The summed E-state index contributed by atoms with van der Waals surface area (Å²) in [5, 5.41) is 17.9. The van der Waals surface area contributed by atoms with E-state index in [4.69, 9.17) is 10.4 Å². The molecule has 1 rings (SSSR count).